The average molecular weight is 537 g/mol. The normalized spacial score (nSPS) is 14.6. The van der Waals surface area contributed by atoms with Gasteiger partial charge in [0.25, 0.3) is 0 Å². The van der Waals surface area contributed by atoms with Crippen LogP contribution in [0.3, 0.4) is 0 Å². The number of rotatable bonds is 7. The minimum Gasteiger partial charge on any atom is -0.369 e. The van der Waals surface area contributed by atoms with Gasteiger partial charge in [-0.1, -0.05) is 67.6 Å². The molecule has 198 valence electrons. The summed E-state index contributed by atoms with van der Waals surface area (Å²) >= 11 is 0. The van der Waals surface area contributed by atoms with Gasteiger partial charge < -0.3 is 4.90 Å². The van der Waals surface area contributed by atoms with Crippen LogP contribution in [0.4, 0.5) is 5.69 Å². The second-order valence-corrected chi connectivity index (χ2v) is 11.9. The fraction of sp³-hybridized carbons (Fsp3) is 0.219. The highest BCUT2D eigenvalue weighted by molar-refractivity contribution is 7.91. The van der Waals surface area contributed by atoms with Crippen LogP contribution in [0.1, 0.15) is 18.1 Å². The number of benzene rings is 4. The van der Waals surface area contributed by atoms with Crippen LogP contribution in [0.25, 0.3) is 16.6 Å². The molecule has 5 aromatic rings. The van der Waals surface area contributed by atoms with Gasteiger partial charge in [0.15, 0.2) is 5.03 Å². The highest BCUT2D eigenvalue weighted by Gasteiger charge is 2.27. The number of nitrogens with zero attached hydrogens (tertiary/aromatic N) is 4. The van der Waals surface area contributed by atoms with Gasteiger partial charge in [-0.05, 0) is 60.0 Å². The first-order valence-electron chi connectivity index (χ1n) is 13.5. The lowest BCUT2D eigenvalue weighted by atomic mass is 10.1. The molecule has 0 unspecified atom stereocenters. The van der Waals surface area contributed by atoms with E-state index in [2.05, 4.69) is 59.2 Å². The molecule has 1 aliphatic heterocycles. The molecule has 1 fully saturated rings. The summed E-state index contributed by atoms with van der Waals surface area (Å²) in [6.45, 7) is 6.72. The maximum atomic E-state index is 13.8. The fourth-order valence-corrected chi connectivity index (χ4v) is 6.64. The Morgan fingerprint density at radius 3 is 2.03 bits per heavy atom. The minimum atomic E-state index is -3.82. The smallest absolute Gasteiger partial charge is 0.226 e. The Morgan fingerprint density at radius 1 is 0.718 bits per heavy atom. The molecule has 1 aromatic heterocycles. The van der Waals surface area contributed by atoms with Crippen molar-refractivity contribution in [2.45, 2.75) is 29.8 Å². The molecule has 2 heterocycles. The first-order valence-corrected chi connectivity index (χ1v) is 14.9. The van der Waals surface area contributed by atoms with E-state index in [0.717, 1.165) is 56.0 Å². The van der Waals surface area contributed by atoms with Gasteiger partial charge in [-0.3, -0.25) is 4.90 Å². The quantitative estimate of drug-likeness (QED) is 0.265. The molecule has 1 aliphatic rings. The van der Waals surface area contributed by atoms with Crippen molar-refractivity contribution in [3.63, 3.8) is 0 Å². The number of anilines is 1. The van der Waals surface area contributed by atoms with Gasteiger partial charge in [0.05, 0.1) is 16.1 Å². The van der Waals surface area contributed by atoms with Crippen molar-refractivity contribution in [3.05, 3.63) is 114 Å². The number of fused-ring (bicyclic) bond motifs is 1. The minimum absolute atomic E-state index is 0.0906. The standard InChI is InChI=1S/C32H32N4O2S/c1-2-25-13-15-27(16-14-25)36-31-18-17-28(35-21-19-34(20-22-35)24-26-9-5-3-6-10-26)23-30(31)32(33-36)39(37,38)29-11-7-4-8-12-29/h3-18,23H,2,19-22,24H2,1H3. The van der Waals surface area contributed by atoms with Crippen molar-refractivity contribution in [1.29, 1.82) is 0 Å². The Labute approximate surface area is 230 Å². The molecule has 0 saturated carbocycles. The molecule has 0 bridgehead atoms. The summed E-state index contributed by atoms with van der Waals surface area (Å²) in [4.78, 5) is 5.05. The zero-order chi connectivity index (χ0) is 26.8. The monoisotopic (exact) mass is 536 g/mol. The third kappa shape index (κ3) is 5.07. The lowest BCUT2D eigenvalue weighted by Gasteiger charge is -2.36. The molecule has 0 radical (unpaired) electrons. The molecule has 7 heteroatoms. The zero-order valence-corrected chi connectivity index (χ0v) is 22.9. The van der Waals surface area contributed by atoms with Gasteiger partial charge in [-0.25, -0.2) is 13.1 Å². The summed E-state index contributed by atoms with van der Waals surface area (Å²) < 4.78 is 29.4. The molecule has 0 N–H and O–H groups in total. The lowest BCUT2D eigenvalue weighted by molar-refractivity contribution is 0.250. The van der Waals surface area contributed by atoms with Crippen molar-refractivity contribution in [3.8, 4) is 5.69 Å². The van der Waals surface area contributed by atoms with Crippen LogP contribution in [-0.2, 0) is 22.8 Å². The highest BCUT2D eigenvalue weighted by Crippen LogP contribution is 2.33. The van der Waals surface area contributed by atoms with Crippen LogP contribution in [0.5, 0.6) is 0 Å². The summed E-state index contributed by atoms with van der Waals surface area (Å²) in [5.41, 5.74) is 5.19. The molecule has 0 amide bonds. The van der Waals surface area contributed by atoms with Crippen LogP contribution < -0.4 is 4.90 Å². The van der Waals surface area contributed by atoms with E-state index < -0.39 is 9.84 Å². The fourth-order valence-electron chi connectivity index (χ4n) is 5.26. The summed E-state index contributed by atoms with van der Waals surface area (Å²) in [6.07, 6.45) is 0.940. The maximum Gasteiger partial charge on any atom is 0.226 e. The van der Waals surface area contributed by atoms with Gasteiger partial charge >= 0.3 is 0 Å². The Balaban J connectivity index is 1.36. The number of aryl methyl sites for hydroxylation is 1. The number of piperazine rings is 1. The molecule has 4 aromatic carbocycles. The van der Waals surface area contributed by atoms with E-state index in [1.807, 2.05) is 36.4 Å². The average Bonchev–Trinajstić information content (AvgIpc) is 3.38. The maximum absolute atomic E-state index is 13.8. The van der Waals surface area contributed by atoms with Gasteiger partial charge in [0.2, 0.25) is 9.84 Å². The van der Waals surface area contributed by atoms with Crippen LogP contribution in [0, 0.1) is 0 Å². The Hall–Kier alpha value is -3.94. The molecular weight excluding hydrogens is 504 g/mol. The molecule has 6 rings (SSSR count). The third-order valence-corrected chi connectivity index (χ3v) is 9.22. The third-order valence-electron chi connectivity index (χ3n) is 7.51. The number of sulfone groups is 1. The number of aromatic nitrogens is 2. The van der Waals surface area contributed by atoms with E-state index in [9.17, 15) is 8.42 Å². The second-order valence-electron chi connectivity index (χ2n) is 10.0. The van der Waals surface area contributed by atoms with Gasteiger partial charge in [0, 0.05) is 43.8 Å². The van der Waals surface area contributed by atoms with Gasteiger partial charge in [-0.2, -0.15) is 5.10 Å². The number of hydrogen-bond acceptors (Lipinski definition) is 5. The molecule has 0 spiro atoms. The predicted octanol–water partition coefficient (Wildman–Crippen LogP) is 5.74. The number of hydrogen-bond donors (Lipinski definition) is 0. The molecular formula is C32H32N4O2S. The van der Waals surface area contributed by atoms with E-state index in [4.69, 9.17) is 5.10 Å². The summed E-state index contributed by atoms with van der Waals surface area (Å²) in [5, 5.41) is 5.44. The zero-order valence-electron chi connectivity index (χ0n) is 22.1. The van der Waals surface area contributed by atoms with E-state index in [1.165, 1.54) is 11.1 Å². The van der Waals surface area contributed by atoms with E-state index >= 15 is 0 Å². The van der Waals surface area contributed by atoms with E-state index in [1.54, 1.807) is 28.9 Å². The topological polar surface area (TPSA) is 58.4 Å². The van der Waals surface area contributed by atoms with Crippen molar-refractivity contribution >= 4 is 26.4 Å². The Kier molecular flexibility index (Phi) is 6.94. The second kappa shape index (κ2) is 10.7. The molecule has 0 atom stereocenters. The summed E-state index contributed by atoms with van der Waals surface area (Å²) in [5.74, 6) is 0. The molecule has 1 saturated heterocycles. The summed E-state index contributed by atoms with van der Waals surface area (Å²) in [7, 11) is -3.82. The van der Waals surface area contributed by atoms with Crippen LogP contribution >= 0.6 is 0 Å². The van der Waals surface area contributed by atoms with Gasteiger partial charge in [0.1, 0.15) is 0 Å². The van der Waals surface area contributed by atoms with E-state index in [-0.39, 0.29) is 9.92 Å². The molecule has 39 heavy (non-hydrogen) atoms. The van der Waals surface area contributed by atoms with E-state index in [0.29, 0.717) is 5.39 Å². The Bertz CT molecular complexity index is 1670. The Morgan fingerprint density at radius 2 is 1.36 bits per heavy atom. The highest BCUT2D eigenvalue weighted by atomic mass is 32.2. The van der Waals surface area contributed by atoms with Crippen LogP contribution in [0.15, 0.2) is 113 Å². The molecule has 0 aliphatic carbocycles. The first-order chi connectivity index (χ1) is 19.0. The molecule has 6 nitrogen and oxygen atoms in total. The van der Waals surface area contributed by atoms with Crippen molar-refractivity contribution < 1.29 is 8.42 Å². The summed E-state index contributed by atoms with van der Waals surface area (Å²) in [6, 6.07) is 33.4. The van der Waals surface area contributed by atoms with Crippen LogP contribution in [-0.4, -0.2) is 49.3 Å². The SMILES string of the molecule is CCc1ccc(-n2nc(S(=O)(=O)c3ccccc3)c3cc(N4CCN(Cc5ccccc5)CC4)ccc32)cc1. The van der Waals surface area contributed by atoms with Crippen molar-refractivity contribution in [2.75, 3.05) is 31.1 Å². The first kappa shape index (κ1) is 25.3. The van der Waals surface area contributed by atoms with Crippen molar-refractivity contribution in [2.24, 2.45) is 0 Å². The van der Waals surface area contributed by atoms with Crippen molar-refractivity contribution in [1.82, 2.24) is 14.7 Å². The largest absolute Gasteiger partial charge is 0.369 e. The van der Waals surface area contributed by atoms with Gasteiger partial charge in [-0.15, -0.1) is 0 Å². The van der Waals surface area contributed by atoms with Crippen LogP contribution in [0.2, 0.25) is 0 Å². The predicted molar refractivity (Wildman–Crippen MR) is 156 cm³/mol. The lowest BCUT2D eigenvalue weighted by Crippen LogP contribution is -2.45.